The van der Waals surface area contributed by atoms with E-state index in [2.05, 4.69) is 55.9 Å². The van der Waals surface area contributed by atoms with Crippen LogP contribution in [-0.4, -0.2) is 25.6 Å². The van der Waals surface area contributed by atoms with E-state index in [1.807, 2.05) is 19.1 Å². The average molecular weight is 537 g/mol. The third-order valence-corrected chi connectivity index (χ3v) is 8.43. The largest absolute Gasteiger partial charge is 0.483 e. The highest BCUT2D eigenvalue weighted by atomic mass is 79.9. The topological polar surface area (TPSA) is 64.6 Å². The molecule has 1 heterocycles. The second-order valence-corrected chi connectivity index (χ2v) is 12.1. The zero-order valence-electron chi connectivity index (χ0n) is 20.6. The van der Waals surface area contributed by atoms with Crippen LogP contribution in [0.1, 0.15) is 78.9 Å². The maximum absolute atomic E-state index is 12.8. The molecule has 3 rings (SSSR count). The molecule has 1 atom stereocenters. The number of hydrogen-bond acceptors (Lipinski definition) is 5. The van der Waals surface area contributed by atoms with Crippen LogP contribution in [0.25, 0.3) is 0 Å². The first-order chi connectivity index (χ1) is 15.4. The van der Waals surface area contributed by atoms with E-state index in [0.717, 1.165) is 40.4 Å². The third kappa shape index (κ3) is 5.80. The summed E-state index contributed by atoms with van der Waals surface area (Å²) in [5.41, 5.74) is 3.80. The number of anilines is 1. The van der Waals surface area contributed by atoms with E-state index in [9.17, 15) is 9.59 Å². The molecule has 1 amide bonds. The van der Waals surface area contributed by atoms with Crippen molar-refractivity contribution >= 4 is 44.1 Å². The zero-order valence-corrected chi connectivity index (χ0v) is 23.0. The number of aryl methyl sites for hydroxylation is 1. The highest BCUT2D eigenvalue weighted by Gasteiger charge is 2.34. The predicted octanol–water partition coefficient (Wildman–Crippen LogP) is 6.90. The Labute approximate surface area is 209 Å². The smallest absolute Gasteiger partial charge is 0.341 e. The van der Waals surface area contributed by atoms with Gasteiger partial charge in [0.05, 0.1) is 12.7 Å². The number of carbonyl (C=O) groups is 2. The first-order valence-electron chi connectivity index (χ1n) is 11.4. The molecule has 33 heavy (non-hydrogen) atoms. The summed E-state index contributed by atoms with van der Waals surface area (Å²) in [5.74, 6) is 0.805. The van der Waals surface area contributed by atoms with Gasteiger partial charge in [-0.1, -0.05) is 50.5 Å². The lowest BCUT2D eigenvalue weighted by Crippen LogP contribution is -2.26. The lowest BCUT2D eigenvalue weighted by Gasteiger charge is -2.33. The molecule has 0 aliphatic heterocycles. The maximum atomic E-state index is 12.8. The van der Waals surface area contributed by atoms with Crippen LogP contribution in [0, 0.1) is 18.3 Å². The van der Waals surface area contributed by atoms with Gasteiger partial charge in [0.2, 0.25) is 0 Å². The fourth-order valence-electron chi connectivity index (χ4n) is 4.28. The number of ether oxygens (including phenoxy) is 2. The number of halogens is 1. The highest BCUT2D eigenvalue weighted by molar-refractivity contribution is 9.10. The molecule has 0 bridgehead atoms. The Bertz CT molecular complexity index is 1050. The second-order valence-electron chi connectivity index (χ2n) is 10.1. The monoisotopic (exact) mass is 535 g/mol. The van der Waals surface area contributed by atoms with Crippen molar-refractivity contribution in [3.63, 3.8) is 0 Å². The van der Waals surface area contributed by atoms with Crippen molar-refractivity contribution in [3.8, 4) is 5.75 Å². The summed E-state index contributed by atoms with van der Waals surface area (Å²) in [6.45, 7) is 12.8. The molecule has 1 aliphatic rings. The molecule has 2 aromatic rings. The quantitative estimate of drug-likeness (QED) is 0.408. The molecular weight excluding hydrogens is 502 g/mol. The minimum atomic E-state index is -0.399. The van der Waals surface area contributed by atoms with Crippen molar-refractivity contribution in [1.29, 1.82) is 0 Å². The third-order valence-electron chi connectivity index (χ3n) is 6.40. The fourth-order valence-corrected chi connectivity index (χ4v) is 5.98. The van der Waals surface area contributed by atoms with Crippen LogP contribution < -0.4 is 10.1 Å². The molecule has 0 fully saturated rings. The lowest BCUT2D eigenvalue weighted by molar-refractivity contribution is -0.118. The summed E-state index contributed by atoms with van der Waals surface area (Å²) in [5, 5.41) is 3.49. The summed E-state index contributed by atoms with van der Waals surface area (Å²) in [6, 6.07) is 3.99. The fraction of sp³-hybridized carbons (Fsp3) is 0.538. The highest BCUT2D eigenvalue weighted by Crippen LogP contribution is 2.44. The lowest BCUT2D eigenvalue weighted by atomic mass is 9.72. The summed E-state index contributed by atoms with van der Waals surface area (Å²) in [7, 11) is 1.38. The number of benzene rings is 1. The molecule has 1 N–H and O–H groups in total. The van der Waals surface area contributed by atoms with Gasteiger partial charge >= 0.3 is 5.97 Å². The van der Waals surface area contributed by atoms with Crippen LogP contribution in [0.5, 0.6) is 5.75 Å². The van der Waals surface area contributed by atoms with Gasteiger partial charge in [0, 0.05) is 9.35 Å². The first kappa shape index (κ1) is 25.8. The summed E-state index contributed by atoms with van der Waals surface area (Å²) < 4.78 is 12.0. The molecule has 0 saturated carbocycles. The van der Waals surface area contributed by atoms with Gasteiger partial charge in [0.15, 0.2) is 6.61 Å². The Morgan fingerprint density at radius 1 is 1.27 bits per heavy atom. The molecule has 1 aromatic heterocycles. The van der Waals surface area contributed by atoms with E-state index in [-0.39, 0.29) is 23.8 Å². The van der Waals surface area contributed by atoms with E-state index in [1.54, 1.807) is 0 Å². The van der Waals surface area contributed by atoms with Crippen LogP contribution in [0.15, 0.2) is 16.6 Å². The molecule has 1 unspecified atom stereocenters. The summed E-state index contributed by atoms with van der Waals surface area (Å²) >= 11 is 5.06. The zero-order chi connectivity index (χ0) is 24.5. The Morgan fingerprint density at radius 2 is 1.97 bits per heavy atom. The van der Waals surface area contributed by atoms with Crippen LogP contribution in [0.3, 0.4) is 0 Å². The van der Waals surface area contributed by atoms with Gasteiger partial charge in [-0.15, -0.1) is 11.3 Å². The average Bonchev–Trinajstić information content (AvgIpc) is 3.09. The number of thiophene rings is 1. The predicted molar refractivity (Wildman–Crippen MR) is 138 cm³/mol. The van der Waals surface area contributed by atoms with E-state index in [1.165, 1.54) is 23.3 Å². The first-order valence-corrected chi connectivity index (χ1v) is 13.0. The van der Waals surface area contributed by atoms with E-state index in [0.29, 0.717) is 22.2 Å². The molecule has 5 nitrogen and oxygen atoms in total. The van der Waals surface area contributed by atoms with Crippen molar-refractivity contribution in [2.75, 3.05) is 19.0 Å². The number of hydrogen-bond donors (Lipinski definition) is 1. The number of fused-ring (bicyclic) bond motifs is 1. The molecule has 180 valence electrons. The van der Waals surface area contributed by atoms with Crippen molar-refractivity contribution in [3.05, 3.63) is 43.7 Å². The van der Waals surface area contributed by atoms with E-state index >= 15 is 0 Å². The number of rotatable bonds is 6. The van der Waals surface area contributed by atoms with Crippen molar-refractivity contribution < 1.29 is 19.1 Å². The molecule has 0 saturated heterocycles. The van der Waals surface area contributed by atoms with Gasteiger partial charge < -0.3 is 14.8 Å². The molecule has 0 radical (unpaired) electrons. The van der Waals surface area contributed by atoms with E-state index < -0.39 is 5.97 Å². The summed E-state index contributed by atoms with van der Waals surface area (Å²) in [6.07, 6.45) is 2.75. The van der Waals surface area contributed by atoms with Gasteiger partial charge in [-0.05, 0) is 72.3 Å². The number of amides is 1. The van der Waals surface area contributed by atoms with Gasteiger partial charge in [-0.3, -0.25) is 4.79 Å². The minimum absolute atomic E-state index is 0.130. The standard InChI is InChI=1S/C26H34BrNO4S/c1-14(2)18-12-19(27)15(3)10-20(18)32-13-22(29)28-24-23(25(30)31-7)17-9-8-16(26(4,5)6)11-21(17)33-24/h10,12,14,16H,8-9,11,13H2,1-7H3,(H,28,29). The Morgan fingerprint density at radius 3 is 2.58 bits per heavy atom. The maximum Gasteiger partial charge on any atom is 0.341 e. The number of carbonyl (C=O) groups excluding carboxylic acids is 2. The minimum Gasteiger partial charge on any atom is -0.483 e. The molecule has 1 aliphatic carbocycles. The number of methoxy groups -OCH3 is 1. The van der Waals surface area contributed by atoms with Crippen LogP contribution in [0.4, 0.5) is 5.00 Å². The number of esters is 1. The SMILES string of the molecule is COC(=O)c1c(NC(=O)COc2cc(C)c(Br)cc2C(C)C)sc2c1CCC(C(C)(C)C)C2. The van der Waals surface area contributed by atoms with Gasteiger partial charge in [0.25, 0.3) is 5.91 Å². The van der Waals surface area contributed by atoms with Gasteiger partial charge in [0.1, 0.15) is 10.8 Å². The molecule has 1 aromatic carbocycles. The van der Waals surface area contributed by atoms with Gasteiger partial charge in [-0.25, -0.2) is 4.79 Å². The molecule has 0 spiro atoms. The molecule has 7 heteroatoms. The van der Waals surface area contributed by atoms with E-state index in [4.69, 9.17) is 9.47 Å². The van der Waals surface area contributed by atoms with Crippen molar-refractivity contribution in [1.82, 2.24) is 0 Å². The number of nitrogens with one attached hydrogen (secondary N) is 1. The second kappa shape index (κ2) is 10.2. The Kier molecular flexibility index (Phi) is 7.95. The van der Waals surface area contributed by atoms with Crippen molar-refractivity contribution in [2.24, 2.45) is 11.3 Å². The normalized spacial score (nSPS) is 15.8. The molecular formula is C26H34BrNO4S. The van der Waals surface area contributed by atoms with Crippen molar-refractivity contribution in [2.45, 2.75) is 66.7 Å². The van der Waals surface area contributed by atoms with Crippen LogP contribution in [0.2, 0.25) is 0 Å². The summed E-state index contributed by atoms with van der Waals surface area (Å²) in [4.78, 5) is 26.6. The Hall–Kier alpha value is -1.86. The van der Waals surface area contributed by atoms with Crippen LogP contribution >= 0.6 is 27.3 Å². The van der Waals surface area contributed by atoms with Crippen LogP contribution in [-0.2, 0) is 22.4 Å². The van der Waals surface area contributed by atoms with Gasteiger partial charge in [-0.2, -0.15) is 0 Å². The Balaban J connectivity index is 1.80.